The van der Waals surface area contributed by atoms with E-state index >= 15 is 0 Å². The molecule has 1 aromatic heterocycles. The van der Waals surface area contributed by atoms with E-state index in [0.717, 1.165) is 28.5 Å². The van der Waals surface area contributed by atoms with Crippen molar-refractivity contribution < 1.29 is 9.53 Å². The van der Waals surface area contributed by atoms with Gasteiger partial charge in [-0.2, -0.15) is 0 Å². The van der Waals surface area contributed by atoms with Crippen LogP contribution >= 0.6 is 0 Å². The standard InChI is InChI=1S/C16H15N3O.C2H4O/c1-10-13-7-8-19-14(13)5-6-15(10)20-12-4-2-3-11(9-12)16(17)18;1-2-3/h2-9,19H,1H3,(H3,17,18);2H,1H3. The number of nitrogens with two attached hydrogens (primary N) is 1. The highest BCUT2D eigenvalue weighted by Gasteiger charge is 2.07. The number of aromatic nitrogens is 1. The van der Waals surface area contributed by atoms with Crippen molar-refractivity contribution >= 4 is 23.0 Å². The number of rotatable bonds is 3. The van der Waals surface area contributed by atoms with Gasteiger partial charge in [0.1, 0.15) is 23.6 Å². The van der Waals surface area contributed by atoms with Crippen LogP contribution in [-0.4, -0.2) is 17.1 Å². The maximum Gasteiger partial charge on any atom is 0.131 e. The number of nitrogen functional groups attached to an aromatic ring is 1. The largest absolute Gasteiger partial charge is 0.457 e. The van der Waals surface area contributed by atoms with Gasteiger partial charge in [-0.1, -0.05) is 12.1 Å². The van der Waals surface area contributed by atoms with E-state index in [2.05, 4.69) is 4.98 Å². The Balaban J connectivity index is 0.000000595. The van der Waals surface area contributed by atoms with Gasteiger partial charge in [-0.25, -0.2) is 0 Å². The van der Waals surface area contributed by atoms with Crippen molar-refractivity contribution in [3.05, 3.63) is 59.8 Å². The van der Waals surface area contributed by atoms with Crippen molar-refractivity contribution in [3.63, 3.8) is 0 Å². The highest BCUT2D eigenvalue weighted by atomic mass is 16.5. The van der Waals surface area contributed by atoms with Gasteiger partial charge >= 0.3 is 0 Å². The molecule has 0 spiro atoms. The van der Waals surface area contributed by atoms with E-state index in [-0.39, 0.29) is 5.84 Å². The number of aryl methyl sites for hydroxylation is 1. The summed E-state index contributed by atoms with van der Waals surface area (Å²) in [5, 5.41) is 8.60. The second kappa shape index (κ2) is 7.26. The third-order valence-electron chi connectivity index (χ3n) is 3.33. The number of amidine groups is 1. The zero-order valence-corrected chi connectivity index (χ0v) is 13.1. The first kappa shape index (κ1) is 16.3. The first-order chi connectivity index (χ1) is 11.1. The van der Waals surface area contributed by atoms with Gasteiger partial charge < -0.3 is 20.2 Å². The Bertz CT molecular complexity index is 837. The summed E-state index contributed by atoms with van der Waals surface area (Å²) < 4.78 is 5.91. The lowest BCUT2D eigenvalue weighted by Crippen LogP contribution is -2.10. The van der Waals surface area contributed by atoms with Crippen molar-refractivity contribution in [2.75, 3.05) is 0 Å². The molecule has 0 bridgehead atoms. The number of benzene rings is 2. The van der Waals surface area contributed by atoms with Gasteiger partial charge in [0.25, 0.3) is 0 Å². The monoisotopic (exact) mass is 309 g/mol. The van der Waals surface area contributed by atoms with Crippen LogP contribution in [0.25, 0.3) is 10.9 Å². The van der Waals surface area contributed by atoms with E-state index in [1.165, 1.54) is 6.92 Å². The maximum absolute atomic E-state index is 8.81. The van der Waals surface area contributed by atoms with Crippen LogP contribution in [0.3, 0.4) is 0 Å². The Hall–Kier alpha value is -3.08. The van der Waals surface area contributed by atoms with E-state index in [0.29, 0.717) is 11.3 Å². The molecular formula is C18H19N3O2. The van der Waals surface area contributed by atoms with Gasteiger partial charge in [0, 0.05) is 28.2 Å². The molecule has 0 aliphatic heterocycles. The van der Waals surface area contributed by atoms with Gasteiger partial charge in [-0.15, -0.1) is 0 Å². The fourth-order valence-corrected chi connectivity index (χ4v) is 2.23. The molecule has 0 radical (unpaired) electrons. The molecule has 3 rings (SSSR count). The van der Waals surface area contributed by atoms with E-state index in [4.69, 9.17) is 20.7 Å². The second-order valence-electron chi connectivity index (χ2n) is 4.91. The van der Waals surface area contributed by atoms with Gasteiger partial charge in [0.05, 0.1) is 0 Å². The molecule has 118 valence electrons. The summed E-state index contributed by atoms with van der Waals surface area (Å²) in [6.07, 6.45) is 2.66. The molecule has 0 aliphatic rings. The minimum Gasteiger partial charge on any atom is -0.457 e. The summed E-state index contributed by atoms with van der Waals surface area (Å²) in [5.74, 6) is 1.52. The predicted octanol–water partition coefficient (Wildman–Crippen LogP) is 3.76. The summed E-state index contributed by atoms with van der Waals surface area (Å²) in [7, 11) is 0. The minimum absolute atomic E-state index is 0.0354. The first-order valence-corrected chi connectivity index (χ1v) is 7.15. The highest BCUT2D eigenvalue weighted by Crippen LogP contribution is 2.30. The molecule has 1 heterocycles. The number of fused-ring (bicyclic) bond motifs is 1. The smallest absolute Gasteiger partial charge is 0.131 e. The van der Waals surface area contributed by atoms with Gasteiger partial charge in [-0.3, -0.25) is 5.41 Å². The molecule has 0 saturated carbocycles. The van der Waals surface area contributed by atoms with Crippen molar-refractivity contribution in [3.8, 4) is 11.5 Å². The van der Waals surface area contributed by atoms with Crippen molar-refractivity contribution in [1.29, 1.82) is 5.41 Å². The van der Waals surface area contributed by atoms with Crippen LogP contribution < -0.4 is 10.5 Å². The number of hydrogen-bond donors (Lipinski definition) is 3. The van der Waals surface area contributed by atoms with Crippen molar-refractivity contribution in [1.82, 2.24) is 4.98 Å². The van der Waals surface area contributed by atoms with Gasteiger partial charge in [0.2, 0.25) is 0 Å². The Kier molecular flexibility index (Phi) is 5.15. The average molecular weight is 309 g/mol. The molecule has 23 heavy (non-hydrogen) atoms. The first-order valence-electron chi connectivity index (χ1n) is 7.15. The number of aldehydes is 1. The lowest BCUT2D eigenvalue weighted by Gasteiger charge is -2.10. The number of carbonyl (C=O) groups excluding carboxylic acids is 1. The maximum atomic E-state index is 8.81. The molecule has 3 aromatic rings. The van der Waals surface area contributed by atoms with Crippen molar-refractivity contribution in [2.45, 2.75) is 13.8 Å². The lowest BCUT2D eigenvalue weighted by atomic mass is 10.1. The Labute approximate surface area is 134 Å². The summed E-state index contributed by atoms with van der Waals surface area (Å²) in [6.45, 7) is 3.47. The van der Waals surface area contributed by atoms with E-state index < -0.39 is 0 Å². The number of aromatic amines is 1. The summed E-state index contributed by atoms with van der Waals surface area (Å²) in [4.78, 5) is 12.0. The van der Waals surface area contributed by atoms with Crippen LogP contribution in [0.5, 0.6) is 11.5 Å². The number of nitrogens with one attached hydrogen (secondary N) is 2. The summed E-state index contributed by atoms with van der Waals surface area (Å²) in [6, 6.07) is 13.2. The fourth-order valence-electron chi connectivity index (χ4n) is 2.23. The van der Waals surface area contributed by atoms with Crippen LogP contribution in [0.1, 0.15) is 18.1 Å². The zero-order chi connectivity index (χ0) is 16.8. The second-order valence-corrected chi connectivity index (χ2v) is 4.91. The van der Waals surface area contributed by atoms with Crippen LogP contribution in [0.15, 0.2) is 48.7 Å². The number of H-pyrrole nitrogens is 1. The average Bonchev–Trinajstić information content (AvgIpc) is 3.00. The zero-order valence-electron chi connectivity index (χ0n) is 13.1. The molecule has 0 fully saturated rings. The van der Waals surface area contributed by atoms with E-state index in [9.17, 15) is 0 Å². The van der Waals surface area contributed by atoms with Crippen LogP contribution in [0.4, 0.5) is 0 Å². The molecule has 0 unspecified atom stereocenters. The Morgan fingerprint density at radius 3 is 2.70 bits per heavy atom. The number of ether oxygens (including phenoxy) is 1. The number of carbonyl (C=O) groups is 1. The lowest BCUT2D eigenvalue weighted by molar-refractivity contribution is -0.106. The quantitative estimate of drug-likeness (QED) is 0.391. The molecule has 5 heteroatoms. The minimum atomic E-state index is 0.0354. The highest BCUT2D eigenvalue weighted by molar-refractivity contribution is 5.95. The molecule has 5 nitrogen and oxygen atoms in total. The number of hydrogen-bond acceptors (Lipinski definition) is 3. The van der Waals surface area contributed by atoms with Gasteiger partial charge in [-0.05, 0) is 44.2 Å². The molecule has 0 atom stereocenters. The van der Waals surface area contributed by atoms with Gasteiger partial charge in [0.15, 0.2) is 0 Å². The fraction of sp³-hybridized carbons (Fsp3) is 0.111. The van der Waals surface area contributed by atoms with Crippen LogP contribution in [0.2, 0.25) is 0 Å². The Morgan fingerprint density at radius 1 is 1.26 bits per heavy atom. The molecule has 0 saturated heterocycles. The third-order valence-corrected chi connectivity index (χ3v) is 3.33. The third kappa shape index (κ3) is 3.77. The predicted molar refractivity (Wildman–Crippen MR) is 92.3 cm³/mol. The summed E-state index contributed by atoms with van der Waals surface area (Å²) >= 11 is 0. The van der Waals surface area contributed by atoms with Crippen molar-refractivity contribution in [2.24, 2.45) is 5.73 Å². The normalized spacial score (nSPS) is 9.83. The molecule has 4 N–H and O–H groups in total. The van der Waals surface area contributed by atoms with E-state index in [1.54, 1.807) is 12.1 Å². The van der Waals surface area contributed by atoms with Crippen LogP contribution in [0, 0.1) is 12.3 Å². The summed E-state index contributed by atoms with van der Waals surface area (Å²) in [5.41, 5.74) is 8.32. The molecule has 0 amide bonds. The topological polar surface area (TPSA) is 92.0 Å². The Morgan fingerprint density at radius 2 is 2.00 bits per heavy atom. The van der Waals surface area contributed by atoms with Crippen LogP contribution in [-0.2, 0) is 4.79 Å². The van der Waals surface area contributed by atoms with E-state index in [1.807, 2.05) is 43.5 Å². The SMILES string of the molecule is CC=O.Cc1c(Oc2cccc(C(=N)N)c2)ccc2[nH]ccc12. The molecule has 2 aromatic carbocycles. The molecular weight excluding hydrogens is 290 g/mol. The molecule has 0 aliphatic carbocycles.